The Labute approximate surface area is 109 Å². The summed E-state index contributed by atoms with van der Waals surface area (Å²) in [7, 11) is 0. The first-order valence-corrected chi connectivity index (χ1v) is 7.80. The number of aryl methyl sites for hydroxylation is 1. The lowest BCUT2D eigenvalue weighted by Gasteiger charge is -2.15. The third-order valence-corrected chi connectivity index (χ3v) is 4.84. The topological polar surface area (TPSA) is 24.9 Å². The fraction of sp³-hybridized carbons (Fsp3) is 0.786. The zero-order chi connectivity index (χ0) is 12.1. The Kier molecular flexibility index (Phi) is 4.99. The molecule has 96 valence electrons. The molecule has 1 aromatic rings. The molecule has 17 heavy (non-hydrogen) atoms. The molecule has 1 aromatic heterocycles. The maximum absolute atomic E-state index is 4.51. The fourth-order valence-electron chi connectivity index (χ4n) is 2.71. The second-order valence-electron chi connectivity index (χ2n) is 5.24. The first-order chi connectivity index (χ1) is 8.28. The summed E-state index contributed by atoms with van der Waals surface area (Å²) in [5.74, 6) is 0.976. The van der Waals surface area contributed by atoms with Gasteiger partial charge >= 0.3 is 0 Å². The Balaban J connectivity index is 1.75. The molecule has 1 fully saturated rings. The molecule has 3 heteroatoms. The Hall–Kier alpha value is -0.410. The molecule has 2 rings (SSSR count). The van der Waals surface area contributed by atoms with E-state index in [-0.39, 0.29) is 0 Å². The molecule has 1 N–H and O–H groups in total. The lowest BCUT2D eigenvalue weighted by atomic mass is 9.98. The van der Waals surface area contributed by atoms with Crippen LogP contribution in [0.2, 0.25) is 0 Å². The zero-order valence-corrected chi connectivity index (χ0v) is 11.9. The normalized spacial score (nSPS) is 25.8. The van der Waals surface area contributed by atoms with E-state index in [1.165, 1.54) is 43.5 Å². The van der Waals surface area contributed by atoms with Gasteiger partial charge in [0.1, 0.15) is 5.01 Å². The predicted octanol–water partition coefficient (Wildman–Crippen LogP) is 3.90. The summed E-state index contributed by atoms with van der Waals surface area (Å²) in [4.78, 5) is 4.51. The van der Waals surface area contributed by atoms with Gasteiger partial charge in [-0.05, 0) is 32.1 Å². The van der Waals surface area contributed by atoms with E-state index in [1.807, 2.05) is 0 Å². The standard InChI is InChI=1S/C14H24N2S/c1-3-12-5-4-6-13(8-7-12)15-9-14-16-11(2)10-17-14/h10,12-13,15H,3-9H2,1-2H3. The molecular weight excluding hydrogens is 228 g/mol. The zero-order valence-electron chi connectivity index (χ0n) is 11.0. The van der Waals surface area contributed by atoms with Gasteiger partial charge in [-0.3, -0.25) is 0 Å². The summed E-state index contributed by atoms with van der Waals surface area (Å²) in [6, 6.07) is 0.718. The van der Waals surface area contributed by atoms with Crippen LogP contribution in [0, 0.1) is 12.8 Å². The quantitative estimate of drug-likeness (QED) is 0.822. The van der Waals surface area contributed by atoms with E-state index in [4.69, 9.17) is 0 Å². The van der Waals surface area contributed by atoms with Gasteiger partial charge in [0.25, 0.3) is 0 Å². The lowest BCUT2D eigenvalue weighted by Crippen LogP contribution is -2.27. The molecule has 2 atom stereocenters. The van der Waals surface area contributed by atoms with Crippen molar-refractivity contribution in [2.45, 2.75) is 65.0 Å². The maximum Gasteiger partial charge on any atom is 0.107 e. The van der Waals surface area contributed by atoms with E-state index >= 15 is 0 Å². The van der Waals surface area contributed by atoms with Crippen LogP contribution in [-0.4, -0.2) is 11.0 Å². The van der Waals surface area contributed by atoms with E-state index < -0.39 is 0 Å². The van der Waals surface area contributed by atoms with Crippen LogP contribution >= 0.6 is 11.3 Å². The number of rotatable bonds is 4. The van der Waals surface area contributed by atoms with Crippen LogP contribution in [0.15, 0.2) is 5.38 Å². The minimum atomic E-state index is 0.718. The highest BCUT2D eigenvalue weighted by atomic mass is 32.1. The summed E-state index contributed by atoms with van der Waals surface area (Å²) in [6.45, 7) is 5.36. The van der Waals surface area contributed by atoms with Gasteiger partial charge in [0.05, 0.1) is 0 Å². The number of thiazole rings is 1. The number of aromatic nitrogens is 1. The van der Waals surface area contributed by atoms with Gasteiger partial charge in [0, 0.05) is 23.7 Å². The van der Waals surface area contributed by atoms with Crippen LogP contribution in [0.1, 0.15) is 56.2 Å². The molecule has 1 aliphatic rings. The van der Waals surface area contributed by atoms with Crippen molar-refractivity contribution in [1.82, 2.24) is 10.3 Å². The summed E-state index contributed by atoms with van der Waals surface area (Å²) in [5.41, 5.74) is 1.15. The van der Waals surface area contributed by atoms with Gasteiger partial charge in [0.15, 0.2) is 0 Å². The molecule has 1 saturated carbocycles. The number of nitrogens with zero attached hydrogens (tertiary/aromatic N) is 1. The van der Waals surface area contributed by atoms with Crippen molar-refractivity contribution in [3.05, 3.63) is 16.1 Å². The highest BCUT2D eigenvalue weighted by Crippen LogP contribution is 2.25. The van der Waals surface area contributed by atoms with Gasteiger partial charge < -0.3 is 5.32 Å². The van der Waals surface area contributed by atoms with Gasteiger partial charge in [-0.1, -0.05) is 26.2 Å². The van der Waals surface area contributed by atoms with Crippen molar-refractivity contribution in [1.29, 1.82) is 0 Å². The fourth-order valence-corrected chi connectivity index (χ4v) is 3.43. The first-order valence-electron chi connectivity index (χ1n) is 6.92. The summed E-state index contributed by atoms with van der Waals surface area (Å²) >= 11 is 1.77. The Bertz CT molecular complexity index is 335. The van der Waals surface area contributed by atoms with Gasteiger partial charge in [0.2, 0.25) is 0 Å². The minimum Gasteiger partial charge on any atom is -0.308 e. The van der Waals surface area contributed by atoms with Crippen molar-refractivity contribution in [3.63, 3.8) is 0 Å². The number of hydrogen-bond donors (Lipinski definition) is 1. The van der Waals surface area contributed by atoms with E-state index in [0.717, 1.165) is 24.2 Å². The number of nitrogens with one attached hydrogen (secondary N) is 1. The highest BCUT2D eigenvalue weighted by molar-refractivity contribution is 7.09. The molecule has 0 amide bonds. The lowest BCUT2D eigenvalue weighted by molar-refractivity contribution is 0.425. The number of hydrogen-bond acceptors (Lipinski definition) is 3. The van der Waals surface area contributed by atoms with E-state index in [0.29, 0.717) is 0 Å². The molecule has 0 spiro atoms. The Morgan fingerprint density at radius 3 is 2.94 bits per heavy atom. The second-order valence-corrected chi connectivity index (χ2v) is 6.19. The molecule has 2 nitrogen and oxygen atoms in total. The molecule has 1 aliphatic carbocycles. The van der Waals surface area contributed by atoms with E-state index in [1.54, 1.807) is 11.3 Å². The maximum atomic E-state index is 4.51. The van der Waals surface area contributed by atoms with Crippen LogP contribution < -0.4 is 5.32 Å². The van der Waals surface area contributed by atoms with Crippen molar-refractivity contribution in [2.24, 2.45) is 5.92 Å². The predicted molar refractivity (Wildman–Crippen MR) is 74.3 cm³/mol. The molecule has 0 aromatic carbocycles. The SMILES string of the molecule is CCC1CCCC(NCc2nc(C)cs2)CC1. The molecule has 0 bridgehead atoms. The van der Waals surface area contributed by atoms with Crippen LogP contribution in [0.25, 0.3) is 0 Å². The van der Waals surface area contributed by atoms with Crippen LogP contribution in [-0.2, 0) is 6.54 Å². The molecule has 0 saturated heterocycles. The molecule has 0 aliphatic heterocycles. The van der Waals surface area contributed by atoms with Crippen molar-refractivity contribution in [3.8, 4) is 0 Å². The van der Waals surface area contributed by atoms with Crippen LogP contribution in [0.4, 0.5) is 0 Å². The van der Waals surface area contributed by atoms with Gasteiger partial charge in [-0.25, -0.2) is 4.98 Å². The Morgan fingerprint density at radius 2 is 2.24 bits per heavy atom. The van der Waals surface area contributed by atoms with Crippen molar-refractivity contribution >= 4 is 11.3 Å². The molecule has 1 heterocycles. The smallest absolute Gasteiger partial charge is 0.107 e. The third-order valence-electron chi connectivity index (χ3n) is 3.87. The average Bonchev–Trinajstić information content (AvgIpc) is 2.63. The molecule has 0 radical (unpaired) electrons. The summed E-state index contributed by atoms with van der Waals surface area (Å²) < 4.78 is 0. The van der Waals surface area contributed by atoms with E-state index in [9.17, 15) is 0 Å². The summed E-state index contributed by atoms with van der Waals surface area (Å²) in [5, 5.41) is 7.05. The van der Waals surface area contributed by atoms with Crippen LogP contribution in [0.5, 0.6) is 0 Å². The largest absolute Gasteiger partial charge is 0.308 e. The molecule has 2 unspecified atom stereocenters. The first kappa shape index (κ1) is 13.0. The van der Waals surface area contributed by atoms with Gasteiger partial charge in [-0.2, -0.15) is 0 Å². The summed E-state index contributed by atoms with van der Waals surface area (Å²) in [6.07, 6.45) is 8.30. The monoisotopic (exact) mass is 252 g/mol. The third kappa shape index (κ3) is 4.07. The van der Waals surface area contributed by atoms with Crippen molar-refractivity contribution < 1.29 is 0 Å². The van der Waals surface area contributed by atoms with Crippen molar-refractivity contribution in [2.75, 3.05) is 0 Å². The Morgan fingerprint density at radius 1 is 1.35 bits per heavy atom. The highest BCUT2D eigenvalue weighted by Gasteiger charge is 2.17. The van der Waals surface area contributed by atoms with Crippen LogP contribution in [0.3, 0.4) is 0 Å². The minimum absolute atomic E-state index is 0.718. The average molecular weight is 252 g/mol. The second kappa shape index (κ2) is 6.50. The van der Waals surface area contributed by atoms with E-state index in [2.05, 4.69) is 29.5 Å². The van der Waals surface area contributed by atoms with Gasteiger partial charge in [-0.15, -0.1) is 11.3 Å². The molecular formula is C14H24N2S.